The van der Waals surface area contributed by atoms with E-state index in [1.807, 2.05) is 0 Å². The molecule has 0 spiro atoms. The van der Waals surface area contributed by atoms with Crippen LogP contribution in [0.25, 0.3) is 0 Å². The number of amides is 1. The fraction of sp³-hybridized carbons (Fsp3) is 0.111. The maximum atomic E-state index is 11.6. The van der Waals surface area contributed by atoms with Crippen LogP contribution in [0.1, 0.15) is 16.2 Å². The Morgan fingerprint density at radius 2 is 2.31 bits per heavy atom. The first-order chi connectivity index (χ1) is 7.65. The number of aromatic amines is 1. The van der Waals surface area contributed by atoms with Crippen molar-refractivity contribution in [2.24, 2.45) is 0 Å². The minimum Gasteiger partial charge on any atom is -0.360 e. The largest absolute Gasteiger partial charge is 0.360 e. The van der Waals surface area contributed by atoms with E-state index < -0.39 is 5.91 Å². The maximum Gasteiger partial charge on any atom is 0.277 e. The Morgan fingerprint density at radius 3 is 2.88 bits per heavy atom. The first-order valence-electron chi connectivity index (χ1n) is 4.45. The highest BCUT2D eigenvalue weighted by molar-refractivity contribution is 6.02. The van der Waals surface area contributed by atoms with Gasteiger partial charge in [-0.05, 0) is 13.0 Å². The molecule has 0 unspecified atom stereocenters. The van der Waals surface area contributed by atoms with Crippen molar-refractivity contribution in [3.63, 3.8) is 0 Å². The molecule has 0 aromatic carbocycles. The molecule has 16 heavy (non-hydrogen) atoms. The van der Waals surface area contributed by atoms with Gasteiger partial charge < -0.3 is 9.84 Å². The minimum atomic E-state index is -0.468. The van der Waals surface area contributed by atoms with Gasteiger partial charge in [0.05, 0.1) is 0 Å². The molecule has 0 fully saturated rings. The quantitative estimate of drug-likeness (QED) is 0.758. The van der Waals surface area contributed by atoms with Gasteiger partial charge in [0.1, 0.15) is 11.5 Å². The van der Waals surface area contributed by atoms with E-state index in [-0.39, 0.29) is 11.3 Å². The Balaban J connectivity index is 2.14. The van der Waals surface area contributed by atoms with E-state index in [4.69, 9.17) is 4.52 Å². The fourth-order valence-electron chi connectivity index (χ4n) is 1.08. The summed E-state index contributed by atoms with van der Waals surface area (Å²) in [4.78, 5) is 22.3. The van der Waals surface area contributed by atoms with E-state index in [2.05, 4.69) is 20.7 Å². The van der Waals surface area contributed by atoms with Crippen LogP contribution in [-0.4, -0.2) is 21.3 Å². The predicted octanol–water partition coefficient (Wildman–Crippen LogP) is 0.319. The van der Waals surface area contributed by atoms with Crippen LogP contribution < -0.4 is 10.9 Å². The van der Waals surface area contributed by atoms with Crippen molar-refractivity contribution in [2.75, 3.05) is 5.32 Å². The smallest absolute Gasteiger partial charge is 0.277 e. The molecule has 2 rings (SSSR count). The van der Waals surface area contributed by atoms with Crippen molar-refractivity contribution in [2.45, 2.75) is 6.92 Å². The van der Waals surface area contributed by atoms with E-state index in [1.165, 1.54) is 12.1 Å². The summed E-state index contributed by atoms with van der Waals surface area (Å²) in [5.41, 5.74) is -0.269. The lowest BCUT2D eigenvalue weighted by Crippen LogP contribution is -2.17. The summed E-state index contributed by atoms with van der Waals surface area (Å²) in [5, 5.41) is 11.8. The normalized spacial score (nSPS) is 10.1. The van der Waals surface area contributed by atoms with Crippen molar-refractivity contribution in [3.8, 4) is 0 Å². The van der Waals surface area contributed by atoms with Gasteiger partial charge in [-0.2, -0.15) is 5.10 Å². The van der Waals surface area contributed by atoms with Crippen molar-refractivity contribution in [1.29, 1.82) is 0 Å². The third kappa shape index (κ3) is 2.14. The standard InChI is InChI=1S/C9H8N4O3/c1-5-4-7(13-16-5)10-9(15)6-2-3-8(14)12-11-6/h2-4H,1H3,(H,12,14)(H,10,13,15). The maximum absolute atomic E-state index is 11.6. The molecular weight excluding hydrogens is 212 g/mol. The summed E-state index contributed by atoms with van der Waals surface area (Å²) < 4.78 is 4.78. The molecule has 0 radical (unpaired) electrons. The highest BCUT2D eigenvalue weighted by atomic mass is 16.5. The van der Waals surface area contributed by atoms with Gasteiger partial charge in [-0.25, -0.2) is 5.10 Å². The van der Waals surface area contributed by atoms with E-state index >= 15 is 0 Å². The second-order valence-corrected chi connectivity index (χ2v) is 3.08. The molecule has 7 heteroatoms. The van der Waals surface area contributed by atoms with Crippen LogP contribution in [0.2, 0.25) is 0 Å². The molecule has 7 nitrogen and oxygen atoms in total. The lowest BCUT2D eigenvalue weighted by Gasteiger charge is -1.98. The number of rotatable bonds is 2. The molecule has 0 atom stereocenters. The van der Waals surface area contributed by atoms with Crippen LogP contribution in [0, 0.1) is 6.92 Å². The summed E-state index contributed by atoms with van der Waals surface area (Å²) in [6.07, 6.45) is 0. The van der Waals surface area contributed by atoms with Crippen LogP contribution in [0.4, 0.5) is 5.82 Å². The first-order valence-corrected chi connectivity index (χ1v) is 4.45. The molecule has 2 N–H and O–H groups in total. The molecule has 0 saturated carbocycles. The van der Waals surface area contributed by atoms with Gasteiger partial charge in [0.25, 0.3) is 11.5 Å². The Morgan fingerprint density at radius 1 is 1.50 bits per heavy atom. The number of anilines is 1. The molecular formula is C9H8N4O3. The molecule has 2 aromatic rings. The monoisotopic (exact) mass is 220 g/mol. The minimum absolute atomic E-state index is 0.0975. The number of carbonyl (C=O) groups is 1. The summed E-state index contributed by atoms with van der Waals surface area (Å²) >= 11 is 0. The van der Waals surface area contributed by atoms with Crippen molar-refractivity contribution in [1.82, 2.24) is 15.4 Å². The van der Waals surface area contributed by atoms with Crippen LogP contribution in [0.3, 0.4) is 0 Å². The molecule has 0 saturated heterocycles. The summed E-state index contributed by atoms with van der Waals surface area (Å²) in [5.74, 6) is 0.421. The van der Waals surface area contributed by atoms with E-state index in [9.17, 15) is 9.59 Å². The zero-order chi connectivity index (χ0) is 11.5. The zero-order valence-electron chi connectivity index (χ0n) is 8.35. The van der Waals surface area contributed by atoms with Crippen LogP contribution in [0.5, 0.6) is 0 Å². The first kappa shape index (κ1) is 10.1. The van der Waals surface area contributed by atoms with Gasteiger partial charge in [0.2, 0.25) is 0 Å². The predicted molar refractivity (Wildman–Crippen MR) is 54.1 cm³/mol. The highest BCUT2D eigenvalue weighted by Gasteiger charge is 2.09. The Bertz CT molecular complexity index is 552. The van der Waals surface area contributed by atoms with E-state index in [0.717, 1.165) is 0 Å². The van der Waals surface area contributed by atoms with Gasteiger partial charge in [0, 0.05) is 12.1 Å². The summed E-state index contributed by atoms with van der Waals surface area (Å²) in [7, 11) is 0. The lowest BCUT2D eigenvalue weighted by atomic mass is 10.3. The third-order valence-electron chi connectivity index (χ3n) is 1.78. The second-order valence-electron chi connectivity index (χ2n) is 3.08. The van der Waals surface area contributed by atoms with E-state index in [0.29, 0.717) is 11.6 Å². The number of nitrogens with one attached hydrogen (secondary N) is 2. The summed E-state index contributed by atoms with van der Waals surface area (Å²) in [6, 6.07) is 4.11. The number of hydrogen-bond donors (Lipinski definition) is 2. The number of aromatic nitrogens is 3. The summed E-state index contributed by atoms with van der Waals surface area (Å²) in [6.45, 7) is 1.71. The molecule has 2 aromatic heterocycles. The molecule has 0 aliphatic heterocycles. The average molecular weight is 220 g/mol. The average Bonchev–Trinajstić information content (AvgIpc) is 2.65. The van der Waals surface area contributed by atoms with Gasteiger partial charge in [-0.1, -0.05) is 5.16 Å². The van der Waals surface area contributed by atoms with Crippen LogP contribution in [0.15, 0.2) is 27.5 Å². The zero-order valence-corrected chi connectivity index (χ0v) is 8.35. The van der Waals surface area contributed by atoms with Gasteiger partial charge in [0.15, 0.2) is 5.82 Å². The Labute approximate surface area is 89.5 Å². The number of carbonyl (C=O) groups excluding carboxylic acids is 1. The topological polar surface area (TPSA) is 101 Å². The number of H-pyrrole nitrogens is 1. The van der Waals surface area contributed by atoms with E-state index in [1.54, 1.807) is 13.0 Å². The van der Waals surface area contributed by atoms with Gasteiger partial charge in [-0.3, -0.25) is 9.59 Å². The van der Waals surface area contributed by atoms with Gasteiger partial charge in [-0.15, -0.1) is 0 Å². The molecule has 0 aliphatic rings. The molecule has 0 aliphatic carbocycles. The van der Waals surface area contributed by atoms with Gasteiger partial charge >= 0.3 is 0 Å². The Kier molecular flexibility index (Phi) is 2.50. The fourth-order valence-corrected chi connectivity index (χ4v) is 1.08. The third-order valence-corrected chi connectivity index (χ3v) is 1.78. The molecule has 82 valence electrons. The number of aryl methyl sites for hydroxylation is 1. The van der Waals surface area contributed by atoms with Crippen molar-refractivity contribution in [3.05, 3.63) is 40.0 Å². The lowest BCUT2D eigenvalue weighted by molar-refractivity contribution is 0.102. The number of nitrogens with zero attached hydrogens (tertiary/aromatic N) is 2. The highest BCUT2D eigenvalue weighted by Crippen LogP contribution is 2.07. The van der Waals surface area contributed by atoms with Crippen LogP contribution in [-0.2, 0) is 0 Å². The number of hydrogen-bond acceptors (Lipinski definition) is 5. The molecule has 0 bridgehead atoms. The van der Waals surface area contributed by atoms with Crippen molar-refractivity contribution < 1.29 is 9.32 Å². The molecule has 2 heterocycles. The second kappa shape index (κ2) is 3.97. The molecule has 1 amide bonds. The Hall–Kier alpha value is -2.44. The SMILES string of the molecule is Cc1cc(NC(=O)c2ccc(=O)[nH]n2)no1. The van der Waals surface area contributed by atoms with Crippen molar-refractivity contribution >= 4 is 11.7 Å². The van der Waals surface area contributed by atoms with Crippen LogP contribution >= 0.6 is 0 Å².